The van der Waals surface area contributed by atoms with Crippen LogP contribution in [0.25, 0.3) is 0 Å². The molecule has 0 fully saturated rings. The first kappa shape index (κ1) is 19.8. The van der Waals surface area contributed by atoms with E-state index in [4.69, 9.17) is 5.73 Å². The number of carbonyl (C=O) groups is 4. The maximum atomic E-state index is 12.4. The third-order valence-corrected chi connectivity index (χ3v) is 3.78. The van der Waals surface area contributed by atoms with Crippen LogP contribution in [0.3, 0.4) is 0 Å². The Morgan fingerprint density at radius 3 is 2.67 bits per heavy atom. The lowest BCUT2D eigenvalue weighted by Gasteiger charge is -2.17. The Kier molecular flexibility index (Phi) is 6.78. The van der Waals surface area contributed by atoms with E-state index in [9.17, 15) is 24.3 Å². The van der Waals surface area contributed by atoms with Crippen molar-refractivity contribution in [2.45, 2.75) is 24.9 Å². The highest BCUT2D eigenvalue weighted by molar-refractivity contribution is 6.05. The standard InChI is InChI=1S/C17H19N5O5/c18-12(6-15(24)11-3-1-2-4-13(11)21-9-23)16(25)22-14(17(26)27)5-10-7-19-8-20-10/h1-4,7-9,12,14H,5-6,18H2,(H,19,20)(H,21,23)(H,22,25)(H,26,27). The quantitative estimate of drug-likeness (QED) is 0.281. The van der Waals surface area contributed by atoms with Gasteiger partial charge in [-0.05, 0) is 12.1 Å². The number of aromatic nitrogens is 2. The van der Waals surface area contributed by atoms with Gasteiger partial charge >= 0.3 is 5.97 Å². The van der Waals surface area contributed by atoms with Gasteiger partial charge in [-0.3, -0.25) is 14.4 Å². The molecule has 2 unspecified atom stereocenters. The Balaban J connectivity index is 2.00. The normalized spacial score (nSPS) is 12.6. The van der Waals surface area contributed by atoms with Crippen molar-refractivity contribution in [3.05, 3.63) is 48.0 Å². The number of carbonyl (C=O) groups excluding carboxylic acids is 3. The molecule has 0 spiro atoms. The van der Waals surface area contributed by atoms with Gasteiger partial charge in [-0.15, -0.1) is 0 Å². The van der Waals surface area contributed by atoms with Gasteiger partial charge in [-0.1, -0.05) is 12.1 Å². The molecule has 27 heavy (non-hydrogen) atoms. The number of aromatic amines is 1. The second kappa shape index (κ2) is 9.25. The van der Waals surface area contributed by atoms with Crippen LogP contribution in [0.2, 0.25) is 0 Å². The summed E-state index contributed by atoms with van der Waals surface area (Å²) in [4.78, 5) is 53.1. The molecule has 0 aliphatic rings. The van der Waals surface area contributed by atoms with Gasteiger partial charge < -0.3 is 26.5 Å². The van der Waals surface area contributed by atoms with Crippen molar-refractivity contribution in [3.63, 3.8) is 0 Å². The minimum atomic E-state index is -1.24. The van der Waals surface area contributed by atoms with E-state index in [0.717, 1.165) is 0 Å². The number of Topliss-reactive ketones (excluding diaryl/α,β-unsaturated/α-hetero) is 1. The topological polar surface area (TPSA) is 167 Å². The lowest BCUT2D eigenvalue weighted by molar-refractivity contribution is -0.142. The highest BCUT2D eigenvalue weighted by Crippen LogP contribution is 2.17. The third-order valence-electron chi connectivity index (χ3n) is 3.78. The molecule has 2 aromatic rings. The minimum Gasteiger partial charge on any atom is -0.480 e. The maximum absolute atomic E-state index is 12.4. The summed E-state index contributed by atoms with van der Waals surface area (Å²) in [7, 11) is 0. The molecule has 2 rings (SSSR count). The van der Waals surface area contributed by atoms with E-state index in [0.29, 0.717) is 17.8 Å². The number of imidazole rings is 1. The van der Waals surface area contributed by atoms with Gasteiger partial charge in [-0.25, -0.2) is 9.78 Å². The zero-order valence-corrected chi connectivity index (χ0v) is 14.2. The Hall–Kier alpha value is -3.53. The molecule has 2 atom stereocenters. The SMILES string of the molecule is NC(CC(=O)c1ccccc1NC=O)C(=O)NC(Cc1cnc[nH]1)C(=O)O. The van der Waals surface area contributed by atoms with Crippen molar-refractivity contribution in [2.24, 2.45) is 5.73 Å². The van der Waals surface area contributed by atoms with Crippen LogP contribution >= 0.6 is 0 Å². The predicted octanol–water partition coefficient (Wildman–Crippen LogP) is -0.310. The second-order valence-corrected chi connectivity index (χ2v) is 5.72. The third kappa shape index (κ3) is 5.47. The number of nitrogens with one attached hydrogen (secondary N) is 3. The molecule has 0 aliphatic carbocycles. The molecule has 10 heteroatoms. The number of carboxylic acid groups (broad SMARTS) is 1. The Bertz CT molecular complexity index is 821. The molecule has 2 amide bonds. The number of hydrogen-bond acceptors (Lipinski definition) is 6. The van der Waals surface area contributed by atoms with E-state index in [2.05, 4.69) is 20.6 Å². The van der Waals surface area contributed by atoms with E-state index >= 15 is 0 Å². The minimum absolute atomic E-state index is 0.00612. The van der Waals surface area contributed by atoms with E-state index in [1.807, 2.05) is 0 Å². The molecule has 0 radical (unpaired) electrons. The zero-order chi connectivity index (χ0) is 19.8. The molecular formula is C17H19N5O5. The summed E-state index contributed by atoms with van der Waals surface area (Å²) in [6.07, 6.45) is 2.92. The van der Waals surface area contributed by atoms with Gasteiger partial charge in [0.05, 0.1) is 18.1 Å². The monoisotopic (exact) mass is 373 g/mol. The molecule has 1 heterocycles. The first-order valence-electron chi connectivity index (χ1n) is 8.00. The summed E-state index contributed by atoms with van der Waals surface area (Å²) in [6, 6.07) is 3.82. The summed E-state index contributed by atoms with van der Waals surface area (Å²) >= 11 is 0. The number of nitrogens with zero attached hydrogens (tertiary/aromatic N) is 1. The van der Waals surface area contributed by atoms with E-state index in [1.54, 1.807) is 12.1 Å². The maximum Gasteiger partial charge on any atom is 0.326 e. The van der Waals surface area contributed by atoms with Crippen LogP contribution in [0.5, 0.6) is 0 Å². The van der Waals surface area contributed by atoms with E-state index in [1.165, 1.54) is 24.7 Å². The Morgan fingerprint density at radius 1 is 1.30 bits per heavy atom. The van der Waals surface area contributed by atoms with Crippen LogP contribution in [-0.2, 0) is 20.8 Å². The fraction of sp³-hybridized carbons (Fsp3) is 0.235. The molecule has 142 valence electrons. The van der Waals surface area contributed by atoms with Crippen molar-refractivity contribution in [3.8, 4) is 0 Å². The van der Waals surface area contributed by atoms with Crippen molar-refractivity contribution in [1.29, 1.82) is 0 Å². The highest BCUT2D eigenvalue weighted by atomic mass is 16.4. The van der Waals surface area contributed by atoms with Crippen LogP contribution in [-0.4, -0.2) is 51.2 Å². The Morgan fingerprint density at radius 2 is 2.04 bits per heavy atom. The predicted molar refractivity (Wildman–Crippen MR) is 94.9 cm³/mol. The van der Waals surface area contributed by atoms with Crippen molar-refractivity contribution >= 4 is 29.8 Å². The average Bonchev–Trinajstić information content (AvgIpc) is 3.14. The number of H-pyrrole nitrogens is 1. The molecule has 10 nitrogen and oxygen atoms in total. The number of aliphatic carboxylic acids is 1. The van der Waals surface area contributed by atoms with Crippen LogP contribution in [0.4, 0.5) is 5.69 Å². The number of hydrogen-bond donors (Lipinski definition) is 5. The Labute approximate surface area is 154 Å². The van der Waals surface area contributed by atoms with Gasteiger partial charge in [-0.2, -0.15) is 0 Å². The van der Waals surface area contributed by atoms with Crippen molar-refractivity contribution < 1.29 is 24.3 Å². The highest BCUT2D eigenvalue weighted by Gasteiger charge is 2.26. The number of benzene rings is 1. The van der Waals surface area contributed by atoms with Gasteiger partial charge in [0, 0.05) is 30.3 Å². The van der Waals surface area contributed by atoms with Gasteiger partial charge in [0.2, 0.25) is 12.3 Å². The summed E-state index contributed by atoms with van der Waals surface area (Å²) in [6.45, 7) is 0. The molecular weight excluding hydrogens is 354 g/mol. The largest absolute Gasteiger partial charge is 0.480 e. The lowest BCUT2D eigenvalue weighted by Crippen LogP contribution is -2.50. The summed E-state index contributed by atoms with van der Waals surface area (Å²) < 4.78 is 0. The van der Waals surface area contributed by atoms with E-state index in [-0.39, 0.29) is 18.4 Å². The molecule has 0 saturated heterocycles. The molecule has 1 aromatic carbocycles. The van der Waals surface area contributed by atoms with Crippen LogP contribution in [0.1, 0.15) is 22.5 Å². The zero-order valence-electron chi connectivity index (χ0n) is 14.2. The van der Waals surface area contributed by atoms with Gasteiger partial charge in [0.25, 0.3) is 0 Å². The van der Waals surface area contributed by atoms with Crippen molar-refractivity contribution in [1.82, 2.24) is 15.3 Å². The number of carboxylic acids is 1. The average molecular weight is 373 g/mol. The number of anilines is 1. The molecule has 1 aromatic heterocycles. The molecule has 0 saturated carbocycles. The number of amides is 2. The fourth-order valence-corrected chi connectivity index (χ4v) is 2.41. The first-order valence-corrected chi connectivity index (χ1v) is 8.00. The smallest absolute Gasteiger partial charge is 0.326 e. The molecule has 0 bridgehead atoms. The lowest BCUT2D eigenvalue weighted by atomic mass is 10.0. The molecule has 6 N–H and O–H groups in total. The molecule has 0 aliphatic heterocycles. The first-order chi connectivity index (χ1) is 12.9. The van der Waals surface area contributed by atoms with Gasteiger partial charge in [0.1, 0.15) is 6.04 Å². The fourth-order valence-electron chi connectivity index (χ4n) is 2.41. The van der Waals surface area contributed by atoms with Crippen LogP contribution in [0, 0.1) is 0 Å². The number of ketones is 1. The van der Waals surface area contributed by atoms with Crippen LogP contribution in [0.15, 0.2) is 36.8 Å². The summed E-state index contributed by atoms with van der Waals surface area (Å²) in [5.74, 6) is -2.46. The summed E-state index contributed by atoms with van der Waals surface area (Å²) in [5, 5.41) is 14.0. The van der Waals surface area contributed by atoms with Crippen LogP contribution < -0.4 is 16.4 Å². The number of nitrogens with two attached hydrogens (primary N) is 1. The van der Waals surface area contributed by atoms with Gasteiger partial charge in [0.15, 0.2) is 5.78 Å². The second-order valence-electron chi connectivity index (χ2n) is 5.72. The number of para-hydroxylation sites is 1. The van der Waals surface area contributed by atoms with E-state index < -0.39 is 29.7 Å². The van der Waals surface area contributed by atoms with Crippen molar-refractivity contribution in [2.75, 3.05) is 5.32 Å². The summed E-state index contributed by atoms with van der Waals surface area (Å²) in [5.41, 5.74) is 6.80. The number of rotatable bonds is 10.